The second kappa shape index (κ2) is 5.85. The zero-order chi connectivity index (χ0) is 15.5. The first-order chi connectivity index (χ1) is 10.7. The van der Waals surface area contributed by atoms with Gasteiger partial charge in [0.25, 0.3) is 0 Å². The highest BCUT2D eigenvalue weighted by Gasteiger charge is 2.07. The van der Waals surface area contributed by atoms with E-state index in [-0.39, 0.29) is 5.82 Å². The smallest absolute Gasteiger partial charge is 0.166 e. The Bertz CT molecular complexity index is 806. The van der Waals surface area contributed by atoms with Crippen LogP contribution in [0.3, 0.4) is 0 Å². The van der Waals surface area contributed by atoms with Crippen LogP contribution in [0.2, 0.25) is 0 Å². The molecule has 3 rings (SSSR count). The molecule has 6 heteroatoms. The first-order valence-electron chi connectivity index (χ1n) is 6.63. The van der Waals surface area contributed by atoms with Crippen LogP contribution in [0.15, 0.2) is 42.6 Å². The molecule has 0 atom stereocenters. The van der Waals surface area contributed by atoms with Crippen LogP contribution in [-0.2, 0) is 6.61 Å². The average molecular weight is 299 g/mol. The van der Waals surface area contributed by atoms with Crippen molar-refractivity contribution in [1.29, 1.82) is 0 Å². The molecule has 0 fully saturated rings. The first-order valence-corrected chi connectivity index (χ1v) is 6.63. The van der Waals surface area contributed by atoms with Gasteiger partial charge in [-0.1, -0.05) is 12.1 Å². The number of hydrogen-bond donors (Lipinski definition) is 1. The number of hydrogen-bond acceptors (Lipinski definition) is 5. The van der Waals surface area contributed by atoms with E-state index in [1.807, 2.05) is 24.3 Å². The molecule has 2 N–H and O–H groups in total. The van der Waals surface area contributed by atoms with Gasteiger partial charge in [-0.25, -0.2) is 9.37 Å². The van der Waals surface area contributed by atoms with Gasteiger partial charge in [-0.05, 0) is 17.7 Å². The van der Waals surface area contributed by atoms with Crippen LogP contribution in [0.4, 0.5) is 10.2 Å². The van der Waals surface area contributed by atoms with Crippen molar-refractivity contribution < 1.29 is 13.9 Å². The molecule has 22 heavy (non-hydrogen) atoms. The number of nitrogens with two attached hydrogens (primary N) is 1. The second-order valence-electron chi connectivity index (χ2n) is 4.70. The van der Waals surface area contributed by atoms with E-state index in [1.54, 1.807) is 13.2 Å². The van der Waals surface area contributed by atoms with Crippen molar-refractivity contribution in [3.8, 4) is 11.5 Å². The highest BCUT2D eigenvalue weighted by Crippen LogP contribution is 2.25. The molecule has 2 aromatic heterocycles. The lowest BCUT2D eigenvalue weighted by atomic mass is 10.2. The fourth-order valence-electron chi connectivity index (χ4n) is 2.02. The lowest BCUT2D eigenvalue weighted by molar-refractivity contribution is 0.307. The van der Waals surface area contributed by atoms with E-state index in [0.29, 0.717) is 23.4 Å². The largest absolute Gasteiger partial charge is 0.497 e. The third-order valence-corrected chi connectivity index (χ3v) is 3.18. The Morgan fingerprint density at radius 1 is 1.14 bits per heavy atom. The summed E-state index contributed by atoms with van der Waals surface area (Å²) in [5.74, 6) is 0.948. The van der Waals surface area contributed by atoms with E-state index >= 15 is 0 Å². The molecule has 0 saturated heterocycles. The van der Waals surface area contributed by atoms with Gasteiger partial charge in [0.1, 0.15) is 18.2 Å². The van der Waals surface area contributed by atoms with E-state index in [9.17, 15) is 4.39 Å². The Morgan fingerprint density at radius 2 is 1.91 bits per heavy atom. The summed E-state index contributed by atoms with van der Waals surface area (Å²) in [6.45, 7) is 0.336. The molecule has 0 aliphatic carbocycles. The van der Waals surface area contributed by atoms with E-state index < -0.39 is 5.82 Å². The molecule has 3 aromatic rings. The molecule has 0 aliphatic rings. The number of nitrogen functional groups attached to an aromatic ring is 1. The van der Waals surface area contributed by atoms with Crippen LogP contribution in [0.25, 0.3) is 11.0 Å². The summed E-state index contributed by atoms with van der Waals surface area (Å²) >= 11 is 0. The molecule has 0 saturated carbocycles. The summed E-state index contributed by atoms with van der Waals surface area (Å²) in [5.41, 5.74) is 7.73. The van der Waals surface area contributed by atoms with Crippen molar-refractivity contribution in [3.63, 3.8) is 0 Å². The summed E-state index contributed by atoms with van der Waals surface area (Å²) in [5, 5.41) is 0. The van der Waals surface area contributed by atoms with Gasteiger partial charge in [0.2, 0.25) is 0 Å². The Hall–Kier alpha value is -2.89. The number of methoxy groups -OCH3 is 1. The Kier molecular flexibility index (Phi) is 3.74. The van der Waals surface area contributed by atoms with Gasteiger partial charge in [-0.2, -0.15) is 0 Å². The maximum absolute atomic E-state index is 13.1. The van der Waals surface area contributed by atoms with Crippen LogP contribution >= 0.6 is 0 Å². The topological polar surface area (TPSA) is 70.3 Å². The molecule has 5 nitrogen and oxygen atoms in total. The van der Waals surface area contributed by atoms with Crippen LogP contribution in [-0.4, -0.2) is 17.1 Å². The van der Waals surface area contributed by atoms with Gasteiger partial charge in [0.05, 0.1) is 24.3 Å². The molecule has 0 spiro atoms. The predicted molar refractivity (Wildman–Crippen MR) is 81.2 cm³/mol. The fraction of sp³-hybridized carbons (Fsp3) is 0.125. The van der Waals surface area contributed by atoms with Gasteiger partial charge in [0, 0.05) is 12.1 Å². The van der Waals surface area contributed by atoms with E-state index in [2.05, 4.69) is 9.97 Å². The third kappa shape index (κ3) is 2.90. The zero-order valence-electron chi connectivity index (χ0n) is 11.9. The standard InChI is InChI=1S/C16H14FN3O2/c1-21-12-4-2-10(3-5-12)9-22-15-7-13-14(20-16(15)18)6-11(17)8-19-13/h2-8H,9H2,1H3,(H2,18,20). The number of fused-ring (bicyclic) bond motifs is 1. The number of rotatable bonds is 4. The molecule has 0 bridgehead atoms. The van der Waals surface area contributed by atoms with Crippen LogP contribution < -0.4 is 15.2 Å². The number of nitrogens with zero attached hydrogens (tertiary/aromatic N) is 2. The number of ether oxygens (including phenoxy) is 2. The minimum absolute atomic E-state index is 0.202. The van der Waals surface area contributed by atoms with Crippen molar-refractivity contribution in [2.24, 2.45) is 0 Å². The Labute approximate surface area is 126 Å². The van der Waals surface area contributed by atoms with Crippen molar-refractivity contribution in [1.82, 2.24) is 9.97 Å². The van der Waals surface area contributed by atoms with Gasteiger partial charge in [-0.3, -0.25) is 4.98 Å². The van der Waals surface area contributed by atoms with Gasteiger partial charge in [0.15, 0.2) is 11.6 Å². The average Bonchev–Trinajstić information content (AvgIpc) is 2.53. The van der Waals surface area contributed by atoms with E-state index in [0.717, 1.165) is 17.5 Å². The lowest BCUT2D eigenvalue weighted by Gasteiger charge is -2.10. The molecule has 2 heterocycles. The molecule has 0 amide bonds. The number of aromatic nitrogens is 2. The normalized spacial score (nSPS) is 10.6. The van der Waals surface area contributed by atoms with Crippen molar-refractivity contribution >= 4 is 16.9 Å². The predicted octanol–water partition coefficient (Wildman–Crippen LogP) is 2.94. The van der Waals surface area contributed by atoms with Crippen molar-refractivity contribution in [2.75, 3.05) is 12.8 Å². The Balaban J connectivity index is 1.80. The molecular weight excluding hydrogens is 285 g/mol. The van der Waals surface area contributed by atoms with Gasteiger partial charge >= 0.3 is 0 Å². The maximum Gasteiger partial charge on any atom is 0.166 e. The number of halogens is 1. The van der Waals surface area contributed by atoms with Gasteiger partial charge < -0.3 is 15.2 Å². The number of anilines is 1. The molecule has 0 radical (unpaired) electrons. The summed E-state index contributed by atoms with van der Waals surface area (Å²) in [6.07, 6.45) is 1.13. The summed E-state index contributed by atoms with van der Waals surface area (Å²) in [6, 6.07) is 10.4. The highest BCUT2D eigenvalue weighted by atomic mass is 19.1. The van der Waals surface area contributed by atoms with Crippen LogP contribution in [0.5, 0.6) is 11.5 Å². The molecule has 0 aliphatic heterocycles. The quantitative estimate of drug-likeness (QED) is 0.802. The minimum Gasteiger partial charge on any atom is -0.497 e. The highest BCUT2D eigenvalue weighted by molar-refractivity contribution is 5.78. The SMILES string of the molecule is COc1ccc(COc2cc3ncc(F)cc3nc2N)cc1. The number of pyridine rings is 2. The van der Waals surface area contributed by atoms with Crippen molar-refractivity contribution in [2.45, 2.75) is 6.61 Å². The van der Waals surface area contributed by atoms with E-state index in [1.165, 1.54) is 6.07 Å². The Morgan fingerprint density at radius 3 is 2.64 bits per heavy atom. The first kappa shape index (κ1) is 14.1. The summed E-state index contributed by atoms with van der Waals surface area (Å²) in [4.78, 5) is 8.08. The number of benzene rings is 1. The van der Waals surface area contributed by atoms with Crippen LogP contribution in [0, 0.1) is 5.82 Å². The van der Waals surface area contributed by atoms with Crippen molar-refractivity contribution in [3.05, 3.63) is 54.0 Å². The fourth-order valence-corrected chi connectivity index (χ4v) is 2.02. The maximum atomic E-state index is 13.1. The molecule has 1 aromatic carbocycles. The minimum atomic E-state index is -0.452. The molecule has 0 unspecified atom stereocenters. The second-order valence-corrected chi connectivity index (χ2v) is 4.70. The van der Waals surface area contributed by atoms with E-state index in [4.69, 9.17) is 15.2 Å². The molecule has 112 valence electrons. The monoisotopic (exact) mass is 299 g/mol. The molecular formula is C16H14FN3O2. The summed E-state index contributed by atoms with van der Waals surface area (Å²) < 4.78 is 23.9. The van der Waals surface area contributed by atoms with Crippen LogP contribution in [0.1, 0.15) is 5.56 Å². The third-order valence-electron chi connectivity index (χ3n) is 3.18. The zero-order valence-corrected chi connectivity index (χ0v) is 11.9. The summed E-state index contributed by atoms with van der Waals surface area (Å²) in [7, 11) is 1.61. The van der Waals surface area contributed by atoms with Gasteiger partial charge in [-0.15, -0.1) is 0 Å². The lowest BCUT2D eigenvalue weighted by Crippen LogP contribution is -2.01.